The Bertz CT molecular complexity index is 828. The van der Waals surface area contributed by atoms with Crippen LogP contribution in [0.2, 0.25) is 0 Å². The maximum absolute atomic E-state index is 14.0. The topological polar surface area (TPSA) is 26.3 Å². The van der Waals surface area contributed by atoms with Crippen molar-refractivity contribution >= 4 is 5.69 Å². The van der Waals surface area contributed by atoms with Crippen molar-refractivity contribution < 1.29 is 5.11 Å². The third-order valence-corrected chi connectivity index (χ3v) is 4.49. The molecule has 2 nitrogen and oxygen atoms in total. The highest BCUT2D eigenvalue weighted by Gasteiger charge is 2.34. The first kappa shape index (κ1) is 13.1. The summed E-state index contributed by atoms with van der Waals surface area (Å²) in [5.74, 6) is 0. The van der Waals surface area contributed by atoms with E-state index in [1.807, 2.05) is 84.7 Å². The van der Waals surface area contributed by atoms with Gasteiger partial charge in [0.05, 0.1) is 0 Å². The van der Waals surface area contributed by atoms with E-state index in [2.05, 4.69) is 6.07 Å². The van der Waals surface area contributed by atoms with Gasteiger partial charge in [0.15, 0.2) is 0 Å². The molecular weight excluding hydrogens is 270 g/mol. The van der Waals surface area contributed by atoms with Crippen molar-refractivity contribution in [3.8, 4) is 11.1 Å². The average Bonchev–Trinajstić information content (AvgIpc) is 2.60. The van der Waals surface area contributed by atoms with Crippen LogP contribution < -0.4 is 10.0 Å². The lowest BCUT2D eigenvalue weighted by Crippen LogP contribution is -2.57. The Morgan fingerprint density at radius 2 is 1.32 bits per heavy atom. The van der Waals surface area contributed by atoms with Gasteiger partial charge in [0.2, 0.25) is 0 Å². The Morgan fingerprint density at radius 1 is 0.727 bits per heavy atom. The molecule has 22 heavy (non-hydrogen) atoms. The van der Waals surface area contributed by atoms with E-state index in [4.69, 9.17) is 0 Å². The quantitative estimate of drug-likeness (QED) is 0.685. The molecule has 1 unspecified atom stereocenters. The predicted octanol–water partition coefficient (Wildman–Crippen LogP) is 3.36. The molecule has 4 rings (SSSR count). The van der Waals surface area contributed by atoms with E-state index < -0.39 is 5.72 Å². The second-order valence-corrected chi connectivity index (χ2v) is 5.63. The van der Waals surface area contributed by atoms with Gasteiger partial charge in [0, 0.05) is 24.0 Å². The number of rotatable bonds is 1. The van der Waals surface area contributed by atoms with Crippen LogP contribution >= 0.6 is 0 Å². The van der Waals surface area contributed by atoms with Crippen molar-refractivity contribution in [2.45, 2.75) is 5.72 Å². The van der Waals surface area contributed by atoms with Gasteiger partial charge in [-0.1, -0.05) is 72.8 Å². The van der Waals surface area contributed by atoms with Crippen molar-refractivity contribution in [2.24, 2.45) is 0 Å². The van der Waals surface area contributed by atoms with Crippen LogP contribution in [0, 0.1) is 0 Å². The second kappa shape index (κ2) is 4.72. The Labute approximate surface area is 130 Å². The molecule has 1 aliphatic rings. The highest BCUT2D eigenvalue weighted by atomic mass is 16.3. The van der Waals surface area contributed by atoms with Crippen LogP contribution in [-0.4, -0.2) is 7.05 Å². The summed E-state index contributed by atoms with van der Waals surface area (Å²) >= 11 is 0. The molecule has 0 fully saturated rings. The molecule has 0 saturated carbocycles. The normalized spacial score (nSPS) is 19.5. The summed E-state index contributed by atoms with van der Waals surface area (Å²) in [4.78, 5) is 1.85. The molecule has 0 radical (unpaired) electrons. The number of anilines is 1. The lowest BCUT2D eigenvalue weighted by atomic mass is 9.82. The van der Waals surface area contributed by atoms with E-state index in [0.29, 0.717) is 0 Å². The highest BCUT2D eigenvalue weighted by molar-refractivity contribution is 5.86. The van der Waals surface area contributed by atoms with E-state index in [1.165, 1.54) is 0 Å². The molecule has 1 aliphatic heterocycles. The van der Waals surface area contributed by atoms with Gasteiger partial charge in [-0.25, -0.2) is 0 Å². The summed E-state index contributed by atoms with van der Waals surface area (Å²) in [5, 5.41) is 14.0. The fourth-order valence-electron chi connectivity index (χ4n) is 3.37. The zero-order valence-corrected chi connectivity index (χ0v) is 12.4. The second-order valence-electron chi connectivity index (χ2n) is 5.63. The third kappa shape index (κ3) is 1.65. The minimum Gasteiger partial charge on any atom is -0.827 e. The Kier molecular flexibility index (Phi) is 2.81. The fraction of sp³-hybridized carbons (Fsp3) is 0.100. The maximum Gasteiger partial charge on any atom is 0.0442 e. The first-order chi connectivity index (χ1) is 10.7. The summed E-state index contributed by atoms with van der Waals surface area (Å²) < 4.78 is 0. The first-order valence-corrected chi connectivity index (χ1v) is 7.41. The lowest BCUT2D eigenvalue weighted by Gasteiger charge is -2.54. The molecule has 0 N–H and O–H groups in total. The molecule has 0 spiro atoms. The monoisotopic (exact) mass is 286 g/mol. The summed E-state index contributed by atoms with van der Waals surface area (Å²) in [7, 11) is 1.88. The molecule has 1 atom stereocenters. The third-order valence-electron chi connectivity index (χ3n) is 4.49. The Morgan fingerprint density at radius 3 is 2.09 bits per heavy atom. The number of benzene rings is 3. The molecule has 0 aromatic heterocycles. The lowest BCUT2D eigenvalue weighted by molar-refractivity contribution is -0.470. The van der Waals surface area contributed by atoms with E-state index in [0.717, 1.165) is 27.9 Å². The number of hydrogen-bond acceptors (Lipinski definition) is 2. The summed E-state index contributed by atoms with van der Waals surface area (Å²) in [6.07, 6.45) is 0. The van der Waals surface area contributed by atoms with Crippen molar-refractivity contribution in [2.75, 3.05) is 11.9 Å². The van der Waals surface area contributed by atoms with Gasteiger partial charge in [-0.15, -0.1) is 0 Å². The zero-order chi connectivity index (χ0) is 15.2. The molecule has 0 saturated heterocycles. The molecule has 0 amide bonds. The summed E-state index contributed by atoms with van der Waals surface area (Å²) in [6.45, 7) is 0. The minimum absolute atomic E-state index is 0.763. The van der Waals surface area contributed by atoms with Crippen molar-refractivity contribution in [3.05, 3.63) is 90.0 Å². The molecular formula is C20H16NO-. The van der Waals surface area contributed by atoms with Gasteiger partial charge in [0.1, 0.15) is 0 Å². The summed E-state index contributed by atoms with van der Waals surface area (Å²) in [5.41, 5.74) is 3.27. The fourth-order valence-corrected chi connectivity index (χ4v) is 3.37. The van der Waals surface area contributed by atoms with E-state index in [-0.39, 0.29) is 0 Å². The first-order valence-electron chi connectivity index (χ1n) is 7.41. The minimum atomic E-state index is -1.41. The smallest absolute Gasteiger partial charge is 0.0442 e. The maximum atomic E-state index is 14.0. The molecule has 1 heterocycles. The van der Waals surface area contributed by atoms with Crippen LogP contribution in [0.25, 0.3) is 11.1 Å². The molecule has 2 heteroatoms. The SMILES string of the molecule is CN1c2ccccc2-c2ccccc2C1([O-])c1ccccc1. The van der Waals surface area contributed by atoms with E-state index >= 15 is 0 Å². The van der Waals surface area contributed by atoms with Crippen molar-refractivity contribution in [3.63, 3.8) is 0 Å². The van der Waals surface area contributed by atoms with Gasteiger partial charge in [-0.05, 0) is 22.8 Å². The van der Waals surface area contributed by atoms with Crippen molar-refractivity contribution in [1.82, 2.24) is 0 Å². The van der Waals surface area contributed by atoms with Crippen LogP contribution in [-0.2, 0) is 5.72 Å². The number of para-hydroxylation sites is 1. The number of nitrogens with zero attached hydrogens (tertiary/aromatic N) is 1. The standard InChI is InChI=1S/C20H16NO/c1-21-19-14-8-6-12-17(19)16-11-5-7-13-18(16)20(21,22)15-9-3-2-4-10-15/h2-14H,1H3/q-1. The van der Waals surface area contributed by atoms with E-state index in [9.17, 15) is 5.11 Å². The highest BCUT2D eigenvalue weighted by Crippen LogP contribution is 2.46. The molecule has 0 bridgehead atoms. The Balaban J connectivity index is 2.06. The predicted molar refractivity (Wildman–Crippen MR) is 87.5 cm³/mol. The molecule has 3 aromatic rings. The Hall–Kier alpha value is -2.58. The molecule has 3 aromatic carbocycles. The average molecular weight is 286 g/mol. The van der Waals surface area contributed by atoms with Gasteiger partial charge in [0.25, 0.3) is 0 Å². The molecule has 108 valence electrons. The largest absolute Gasteiger partial charge is 0.827 e. The van der Waals surface area contributed by atoms with Gasteiger partial charge in [-0.2, -0.15) is 0 Å². The van der Waals surface area contributed by atoms with E-state index in [1.54, 1.807) is 0 Å². The van der Waals surface area contributed by atoms with Gasteiger partial charge >= 0.3 is 0 Å². The van der Waals surface area contributed by atoms with Gasteiger partial charge in [-0.3, -0.25) is 0 Å². The van der Waals surface area contributed by atoms with Crippen LogP contribution in [0.1, 0.15) is 11.1 Å². The van der Waals surface area contributed by atoms with Crippen LogP contribution in [0.15, 0.2) is 78.9 Å². The van der Waals surface area contributed by atoms with Crippen LogP contribution in [0.5, 0.6) is 0 Å². The van der Waals surface area contributed by atoms with Crippen molar-refractivity contribution in [1.29, 1.82) is 0 Å². The summed E-state index contributed by atoms with van der Waals surface area (Å²) in [6, 6.07) is 25.6. The van der Waals surface area contributed by atoms with Crippen LogP contribution in [0.4, 0.5) is 5.69 Å². The zero-order valence-electron chi connectivity index (χ0n) is 12.4. The number of fused-ring (bicyclic) bond motifs is 3. The molecule has 0 aliphatic carbocycles. The van der Waals surface area contributed by atoms with Gasteiger partial charge < -0.3 is 10.0 Å². The van der Waals surface area contributed by atoms with Crippen LogP contribution in [0.3, 0.4) is 0 Å². The number of hydrogen-bond donors (Lipinski definition) is 0.